The van der Waals surface area contributed by atoms with Gasteiger partial charge in [-0.2, -0.15) is 5.10 Å². The second-order valence-corrected chi connectivity index (χ2v) is 4.24. The summed E-state index contributed by atoms with van der Waals surface area (Å²) in [5.74, 6) is 2.38. The highest BCUT2D eigenvalue weighted by molar-refractivity contribution is 4.94. The van der Waals surface area contributed by atoms with Crippen LogP contribution in [-0.4, -0.2) is 26.0 Å². The average Bonchev–Trinajstić information content (AvgIpc) is 3.01. The van der Waals surface area contributed by atoms with Crippen molar-refractivity contribution in [3.05, 3.63) is 11.6 Å². The normalized spacial score (nSPS) is 18.1. The SMILES string of the molecule is CCc1nc(CC)n(CC(O)C2CC2)n1. The van der Waals surface area contributed by atoms with E-state index in [1.807, 2.05) is 4.68 Å². The highest BCUT2D eigenvalue weighted by Gasteiger charge is 2.30. The van der Waals surface area contributed by atoms with E-state index >= 15 is 0 Å². The van der Waals surface area contributed by atoms with Crippen LogP contribution < -0.4 is 0 Å². The van der Waals surface area contributed by atoms with Gasteiger partial charge in [0.2, 0.25) is 0 Å². The van der Waals surface area contributed by atoms with E-state index in [-0.39, 0.29) is 6.10 Å². The van der Waals surface area contributed by atoms with Crippen molar-refractivity contribution >= 4 is 0 Å². The molecule has 1 aromatic heterocycles. The zero-order valence-corrected chi connectivity index (χ0v) is 9.48. The minimum Gasteiger partial charge on any atom is -0.391 e. The maximum atomic E-state index is 9.86. The van der Waals surface area contributed by atoms with E-state index in [2.05, 4.69) is 23.9 Å². The third kappa shape index (κ3) is 2.37. The van der Waals surface area contributed by atoms with Gasteiger partial charge < -0.3 is 5.11 Å². The van der Waals surface area contributed by atoms with Crippen LogP contribution in [0.5, 0.6) is 0 Å². The molecule has 0 radical (unpaired) electrons. The van der Waals surface area contributed by atoms with Crippen LogP contribution in [0, 0.1) is 5.92 Å². The second kappa shape index (κ2) is 4.31. The Balaban J connectivity index is 2.07. The van der Waals surface area contributed by atoms with E-state index in [1.54, 1.807) is 0 Å². The van der Waals surface area contributed by atoms with E-state index < -0.39 is 0 Å². The molecule has 0 saturated heterocycles. The summed E-state index contributed by atoms with van der Waals surface area (Å²) in [5, 5.41) is 14.3. The number of aliphatic hydroxyl groups is 1. The molecule has 1 atom stereocenters. The monoisotopic (exact) mass is 209 g/mol. The fraction of sp³-hybridized carbons (Fsp3) is 0.818. The number of hydrogen-bond donors (Lipinski definition) is 1. The third-order valence-electron chi connectivity index (χ3n) is 2.95. The number of rotatable bonds is 5. The fourth-order valence-electron chi connectivity index (χ4n) is 1.79. The van der Waals surface area contributed by atoms with Crippen LogP contribution >= 0.6 is 0 Å². The largest absolute Gasteiger partial charge is 0.391 e. The van der Waals surface area contributed by atoms with Crippen molar-refractivity contribution in [2.75, 3.05) is 0 Å². The predicted molar refractivity (Wildman–Crippen MR) is 57.5 cm³/mol. The van der Waals surface area contributed by atoms with Crippen molar-refractivity contribution < 1.29 is 5.11 Å². The molecule has 0 aromatic carbocycles. The number of aryl methyl sites for hydroxylation is 2. The lowest BCUT2D eigenvalue weighted by molar-refractivity contribution is 0.125. The van der Waals surface area contributed by atoms with Gasteiger partial charge in [-0.15, -0.1) is 0 Å². The zero-order valence-electron chi connectivity index (χ0n) is 9.48. The van der Waals surface area contributed by atoms with Crippen LogP contribution in [0.15, 0.2) is 0 Å². The van der Waals surface area contributed by atoms with Gasteiger partial charge >= 0.3 is 0 Å². The predicted octanol–water partition coefficient (Wildman–Crippen LogP) is 1.17. The molecule has 1 saturated carbocycles. The Labute approximate surface area is 90.3 Å². The molecular weight excluding hydrogens is 190 g/mol. The maximum absolute atomic E-state index is 9.86. The number of aromatic nitrogens is 3. The Morgan fingerprint density at radius 1 is 1.40 bits per heavy atom. The van der Waals surface area contributed by atoms with E-state index in [0.29, 0.717) is 12.5 Å². The lowest BCUT2D eigenvalue weighted by atomic mass is 10.2. The van der Waals surface area contributed by atoms with Gasteiger partial charge in [0.15, 0.2) is 5.82 Å². The van der Waals surface area contributed by atoms with Crippen LogP contribution in [-0.2, 0) is 19.4 Å². The Bertz CT molecular complexity index is 331. The van der Waals surface area contributed by atoms with Gasteiger partial charge in [-0.05, 0) is 18.8 Å². The molecule has 0 amide bonds. The Morgan fingerprint density at radius 2 is 2.13 bits per heavy atom. The summed E-state index contributed by atoms with van der Waals surface area (Å²) in [7, 11) is 0. The third-order valence-corrected chi connectivity index (χ3v) is 2.95. The average molecular weight is 209 g/mol. The molecule has 4 heteroatoms. The second-order valence-electron chi connectivity index (χ2n) is 4.24. The molecule has 1 aliphatic rings. The summed E-state index contributed by atoms with van der Waals surface area (Å²) in [6, 6.07) is 0. The van der Waals surface area contributed by atoms with E-state index in [1.165, 1.54) is 0 Å². The number of hydrogen-bond acceptors (Lipinski definition) is 3. The Morgan fingerprint density at radius 3 is 2.67 bits per heavy atom. The van der Waals surface area contributed by atoms with Crippen molar-refractivity contribution in [2.24, 2.45) is 5.92 Å². The molecule has 0 bridgehead atoms. The number of aliphatic hydroxyl groups excluding tert-OH is 1. The Hall–Kier alpha value is -0.900. The van der Waals surface area contributed by atoms with Gasteiger partial charge in [-0.25, -0.2) is 9.67 Å². The fourth-order valence-corrected chi connectivity index (χ4v) is 1.79. The maximum Gasteiger partial charge on any atom is 0.150 e. The number of nitrogens with zero attached hydrogens (tertiary/aromatic N) is 3. The first-order chi connectivity index (χ1) is 7.24. The molecule has 4 nitrogen and oxygen atoms in total. The van der Waals surface area contributed by atoms with Crippen molar-refractivity contribution in [1.29, 1.82) is 0 Å². The van der Waals surface area contributed by atoms with Gasteiger partial charge in [-0.3, -0.25) is 0 Å². The topological polar surface area (TPSA) is 50.9 Å². The summed E-state index contributed by atoms with van der Waals surface area (Å²) in [5.41, 5.74) is 0. The first-order valence-electron chi connectivity index (χ1n) is 5.85. The lowest BCUT2D eigenvalue weighted by Gasteiger charge is -2.10. The summed E-state index contributed by atoms with van der Waals surface area (Å²) in [6.07, 6.45) is 3.83. The summed E-state index contributed by atoms with van der Waals surface area (Å²) in [6.45, 7) is 4.74. The molecule has 1 unspecified atom stereocenters. The van der Waals surface area contributed by atoms with Crippen LogP contribution in [0.1, 0.15) is 38.3 Å². The molecule has 0 aliphatic heterocycles. The molecule has 1 aromatic rings. The molecule has 1 aliphatic carbocycles. The van der Waals surface area contributed by atoms with Gasteiger partial charge in [0.05, 0.1) is 12.6 Å². The van der Waals surface area contributed by atoms with Crippen LogP contribution in [0.2, 0.25) is 0 Å². The van der Waals surface area contributed by atoms with Crippen LogP contribution in [0.4, 0.5) is 0 Å². The van der Waals surface area contributed by atoms with Gasteiger partial charge in [0.25, 0.3) is 0 Å². The lowest BCUT2D eigenvalue weighted by Crippen LogP contribution is -2.20. The highest BCUT2D eigenvalue weighted by atomic mass is 16.3. The molecular formula is C11H19N3O. The van der Waals surface area contributed by atoms with E-state index in [9.17, 15) is 5.11 Å². The van der Waals surface area contributed by atoms with Crippen molar-refractivity contribution in [3.8, 4) is 0 Å². The first-order valence-corrected chi connectivity index (χ1v) is 5.85. The van der Waals surface area contributed by atoms with Crippen LogP contribution in [0.25, 0.3) is 0 Å². The van der Waals surface area contributed by atoms with E-state index in [4.69, 9.17) is 0 Å². The van der Waals surface area contributed by atoms with Crippen molar-refractivity contribution in [3.63, 3.8) is 0 Å². The molecule has 1 heterocycles. The van der Waals surface area contributed by atoms with Crippen molar-refractivity contribution in [2.45, 2.75) is 52.2 Å². The standard InChI is InChI=1S/C11H19N3O/c1-3-10-12-11(4-2)14(13-10)7-9(15)8-5-6-8/h8-9,15H,3-7H2,1-2H3. The molecule has 1 N–H and O–H groups in total. The molecule has 84 valence electrons. The Kier molecular flexibility index (Phi) is 3.05. The summed E-state index contributed by atoms with van der Waals surface area (Å²) in [4.78, 5) is 4.42. The quantitative estimate of drug-likeness (QED) is 0.792. The summed E-state index contributed by atoms with van der Waals surface area (Å²) >= 11 is 0. The molecule has 1 fully saturated rings. The van der Waals surface area contributed by atoms with Gasteiger partial charge in [0.1, 0.15) is 5.82 Å². The smallest absolute Gasteiger partial charge is 0.150 e. The van der Waals surface area contributed by atoms with Crippen LogP contribution in [0.3, 0.4) is 0 Å². The summed E-state index contributed by atoms with van der Waals surface area (Å²) < 4.78 is 1.88. The van der Waals surface area contributed by atoms with E-state index in [0.717, 1.165) is 37.3 Å². The minimum absolute atomic E-state index is 0.235. The molecule has 0 spiro atoms. The van der Waals surface area contributed by atoms with Crippen molar-refractivity contribution in [1.82, 2.24) is 14.8 Å². The molecule has 15 heavy (non-hydrogen) atoms. The zero-order chi connectivity index (χ0) is 10.8. The van der Waals surface area contributed by atoms with Gasteiger partial charge in [-0.1, -0.05) is 13.8 Å². The molecule has 2 rings (SSSR count). The minimum atomic E-state index is -0.235. The highest BCUT2D eigenvalue weighted by Crippen LogP contribution is 2.33. The first kappa shape index (κ1) is 10.6. The van der Waals surface area contributed by atoms with Gasteiger partial charge in [0, 0.05) is 12.8 Å².